The molecule has 11 nitrogen and oxygen atoms in total. The van der Waals surface area contributed by atoms with Crippen LogP contribution in [0, 0.1) is 17.0 Å². The number of hydrogen-bond donors (Lipinski definition) is 1. The number of aromatic nitrogens is 2. The molecule has 3 rings (SSSR count). The number of amides is 1. The first-order chi connectivity index (χ1) is 13.7. The highest BCUT2D eigenvalue weighted by Gasteiger charge is 2.27. The number of benzene rings is 1. The molecule has 2 heterocycles. The number of sulfonamides is 1. The minimum Gasteiger partial charge on any atom is -0.379 e. The first kappa shape index (κ1) is 20.9. The summed E-state index contributed by atoms with van der Waals surface area (Å²) in [5.41, 5.74) is 0.883. The number of morpholine rings is 1. The second kappa shape index (κ2) is 8.27. The van der Waals surface area contributed by atoms with Crippen LogP contribution < -0.4 is 5.32 Å². The minimum atomic E-state index is -3.61. The van der Waals surface area contributed by atoms with Crippen LogP contribution in [0.3, 0.4) is 0 Å². The predicted molar refractivity (Wildman–Crippen MR) is 103 cm³/mol. The molecule has 1 aromatic heterocycles. The Morgan fingerprint density at radius 2 is 1.90 bits per heavy atom. The predicted octanol–water partition coefficient (Wildman–Crippen LogP) is 1.32. The lowest BCUT2D eigenvalue weighted by Gasteiger charge is -2.26. The van der Waals surface area contributed by atoms with Crippen LogP contribution in [-0.4, -0.2) is 59.6 Å². The summed E-state index contributed by atoms with van der Waals surface area (Å²) in [6.45, 7) is 4.50. The summed E-state index contributed by atoms with van der Waals surface area (Å²) < 4.78 is 33.1. The van der Waals surface area contributed by atoms with E-state index in [0.29, 0.717) is 37.7 Å². The Labute approximate surface area is 167 Å². The van der Waals surface area contributed by atoms with Gasteiger partial charge in [0.1, 0.15) is 6.04 Å². The smallest absolute Gasteiger partial charge is 0.379 e. The normalized spacial score (nSPS) is 16.3. The molecule has 1 saturated heterocycles. The minimum absolute atomic E-state index is 0.129. The largest absolute Gasteiger partial charge is 0.390 e. The number of ether oxygens (including phenoxy) is 1. The highest BCUT2D eigenvalue weighted by Crippen LogP contribution is 2.21. The van der Waals surface area contributed by atoms with Crippen molar-refractivity contribution in [2.24, 2.45) is 0 Å². The van der Waals surface area contributed by atoms with E-state index in [4.69, 9.17) is 4.74 Å². The maximum Gasteiger partial charge on any atom is 0.390 e. The van der Waals surface area contributed by atoms with Gasteiger partial charge < -0.3 is 20.2 Å². The van der Waals surface area contributed by atoms with Crippen molar-refractivity contribution in [1.29, 1.82) is 0 Å². The molecule has 2 aromatic rings. The molecule has 1 aliphatic heterocycles. The number of nitrogens with zero attached hydrogens (tertiary/aromatic N) is 4. The van der Waals surface area contributed by atoms with Gasteiger partial charge in [0.25, 0.3) is 5.91 Å². The van der Waals surface area contributed by atoms with Crippen molar-refractivity contribution < 1.29 is 22.9 Å². The van der Waals surface area contributed by atoms with Crippen molar-refractivity contribution in [1.82, 2.24) is 14.1 Å². The molecule has 0 radical (unpaired) electrons. The third kappa shape index (κ3) is 4.44. The summed E-state index contributed by atoms with van der Waals surface area (Å²) in [5, 5.41) is 17.3. The van der Waals surface area contributed by atoms with E-state index in [1.54, 1.807) is 13.8 Å². The Morgan fingerprint density at radius 3 is 2.45 bits per heavy atom. The molecular weight excluding hydrogens is 402 g/mol. The van der Waals surface area contributed by atoms with Crippen molar-refractivity contribution in [3.63, 3.8) is 0 Å². The molecule has 1 N–H and O–H groups in total. The number of rotatable bonds is 6. The van der Waals surface area contributed by atoms with Crippen LogP contribution in [0.15, 0.2) is 35.2 Å². The van der Waals surface area contributed by atoms with E-state index in [9.17, 15) is 23.3 Å². The van der Waals surface area contributed by atoms with Crippen LogP contribution in [0.25, 0.3) is 0 Å². The maximum absolute atomic E-state index is 12.6. The van der Waals surface area contributed by atoms with Gasteiger partial charge in [-0.2, -0.15) is 8.99 Å². The molecule has 1 aromatic carbocycles. The van der Waals surface area contributed by atoms with Gasteiger partial charge in [0.15, 0.2) is 0 Å². The van der Waals surface area contributed by atoms with Gasteiger partial charge in [-0.1, -0.05) is 0 Å². The lowest BCUT2D eigenvalue weighted by molar-refractivity contribution is -0.389. The molecule has 0 spiro atoms. The number of carbonyl (C=O) groups excluding carboxylic acids is 1. The fourth-order valence-corrected chi connectivity index (χ4v) is 4.36. The second-order valence-electron chi connectivity index (χ2n) is 6.55. The first-order valence-electron chi connectivity index (χ1n) is 8.89. The monoisotopic (exact) mass is 423 g/mol. The maximum atomic E-state index is 12.6. The van der Waals surface area contributed by atoms with Crippen LogP contribution in [0.2, 0.25) is 0 Å². The van der Waals surface area contributed by atoms with E-state index in [2.05, 4.69) is 10.4 Å². The fourth-order valence-electron chi connectivity index (χ4n) is 2.96. The van der Waals surface area contributed by atoms with E-state index < -0.39 is 26.9 Å². The Morgan fingerprint density at radius 1 is 1.28 bits per heavy atom. The van der Waals surface area contributed by atoms with Crippen LogP contribution in [-0.2, 0) is 19.6 Å². The quantitative estimate of drug-likeness (QED) is 0.546. The lowest BCUT2D eigenvalue weighted by Crippen LogP contribution is -2.40. The molecule has 12 heteroatoms. The molecule has 1 atom stereocenters. The number of aryl methyl sites for hydroxylation is 1. The topological polar surface area (TPSA) is 137 Å². The van der Waals surface area contributed by atoms with E-state index in [0.717, 1.165) is 0 Å². The lowest BCUT2D eigenvalue weighted by atomic mass is 10.2. The average Bonchev–Trinajstić information content (AvgIpc) is 3.10. The van der Waals surface area contributed by atoms with Gasteiger partial charge in [-0.25, -0.2) is 8.42 Å². The SMILES string of the molecule is Cc1cc([N+](=O)[O-])nn1C(C)C(=O)Nc1ccc(S(=O)(=O)N2CCOCC2)cc1. The molecule has 1 unspecified atom stereocenters. The summed E-state index contributed by atoms with van der Waals surface area (Å²) in [7, 11) is -3.61. The van der Waals surface area contributed by atoms with Crippen molar-refractivity contribution in [2.45, 2.75) is 24.8 Å². The Bertz CT molecular complexity index is 1010. The number of carbonyl (C=O) groups is 1. The summed E-state index contributed by atoms with van der Waals surface area (Å²) in [6.07, 6.45) is 0. The van der Waals surface area contributed by atoms with Crippen LogP contribution >= 0.6 is 0 Å². The standard InChI is InChI=1S/C17H21N5O6S/c1-12-11-16(22(24)25)19-21(12)13(2)17(23)18-14-3-5-15(6-4-14)29(26,27)20-7-9-28-10-8-20/h3-6,11,13H,7-10H2,1-2H3,(H,18,23). The van der Waals surface area contributed by atoms with Crippen molar-refractivity contribution in [2.75, 3.05) is 31.6 Å². The van der Waals surface area contributed by atoms with E-state index >= 15 is 0 Å². The van der Waals surface area contributed by atoms with Gasteiger partial charge in [-0.05, 0) is 43.0 Å². The van der Waals surface area contributed by atoms with Gasteiger partial charge in [0.2, 0.25) is 10.0 Å². The second-order valence-corrected chi connectivity index (χ2v) is 8.49. The van der Waals surface area contributed by atoms with Crippen LogP contribution in [0.4, 0.5) is 11.5 Å². The third-order valence-corrected chi connectivity index (χ3v) is 6.49. The third-order valence-electron chi connectivity index (χ3n) is 4.57. The molecule has 156 valence electrons. The summed E-state index contributed by atoms with van der Waals surface area (Å²) >= 11 is 0. The highest BCUT2D eigenvalue weighted by molar-refractivity contribution is 7.89. The van der Waals surface area contributed by atoms with Gasteiger partial charge >= 0.3 is 5.82 Å². The van der Waals surface area contributed by atoms with Gasteiger partial charge in [-0.15, -0.1) is 0 Å². The van der Waals surface area contributed by atoms with E-state index in [-0.39, 0.29) is 10.7 Å². The summed E-state index contributed by atoms with van der Waals surface area (Å²) in [5.74, 6) is -0.769. The molecule has 0 bridgehead atoms. The van der Waals surface area contributed by atoms with Crippen LogP contribution in [0.1, 0.15) is 18.7 Å². The molecule has 0 saturated carbocycles. The Hall–Kier alpha value is -2.83. The average molecular weight is 423 g/mol. The van der Waals surface area contributed by atoms with Crippen molar-refractivity contribution in [3.05, 3.63) is 46.1 Å². The zero-order valence-corrected chi connectivity index (χ0v) is 16.8. The Kier molecular flexibility index (Phi) is 5.96. The summed E-state index contributed by atoms with van der Waals surface area (Å²) in [4.78, 5) is 22.8. The van der Waals surface area contributed by atoms with E-state index in [1.807, 2.05) is 0 Å². The number of nitrogens with one attached hydrogen (secondary N) is 1. The molecule has 1 fully saturated rings. The Balaban J connectivity index is 1.70. The zero-order valence-electron chi connectivity index (χ0n) is 15.9. The molecule has 1 amide bonds. The molecular formula is C17H21N5O6S. The van der Waals surface area contributed by atoms with Gasteiger partial charge in [0.05, 0.1) is 35.0 Å². The van der Waals surface area contributed by atoms with Gasteiger partial charge in [0, 0.05) is 18.8 Å². The van der Waals surface area contributed by atoms with E-state index in [1.165, 1.54) is 39.3 Å². The van der Waals surface area contributed by atoms with Crippen LogP contribution in [0.5, 0.6) is 0 Å². The first-order valence-corrected chi connectivity index (χ1v) is 10.3. The van der Waals surface area contributed by atoms with Gasteiger partial charge in [-0.3, -0.25) is 4.79 Å². The summed E-state index contributed by atoms with van der Waals surface area (Å²) in [6, 6.07) is 6.34. The number of nitro groups is 1. The highest BCUT2D eigenvalue weighted by atomic mass is 32.2. The number of anilines is 1. The molecule has 1 aliphatic rings. The zero-order chi connectivity index (χ0) is 21.2. The molecule has 29 heavy (non-hydrogen) atoms. The number of hydrogen-bond acceptors (Lipinski definition) is 7. The van der Waals surface area contributed by atoms with Crippen molar-refractivity contribution >= 4 is 27.4 Å². The molecule has 0 aliphatic carbocycles. The fraction of sp³-hybridized carbons (Fsp3) is 0.412. The van der Waals surface area contributed by atoms with Crippen molar-refractivity contribution in [3.8, 4) is 0 Å².